The van der Waals surface area contributed by atoms with Crippen LogP contribution in [0.5, 0.6) is 0 Å². The summed E-state index contributed by atoms with van der Waals surface area (Å²) in [4.78, 5) is 28.7. The van der Waals surface area contributed by atoms with Crippen molar-refractivity contribution in [1.82, 2.24) is 9.88 Å². The van der Waals surface area contributed by atoms with Crippen LogP contribution in [0.3, 0.4) is 0 Å². The lowest BCUT2D eigenvalue weighted by molar-refractivity contribution is -0.138. The number of piperidine rings is 1. The number of aromatic nitrogens is 1. The Bertz CT molecular complexity index is 564. The van der Waals surface area contributed by atoms with Gasteiger partial charge in [-0.1, -0.05) is 0 Å². The second kappa shape index (κ2) is 5.42. The molecule has 0 radical (unpaired) electrons. The second-order valence-electron chi connectivity index (χ2n) is 5.87. The first-order chi connectivity index (χ1) is 10.1. The summed E-state index contributed by atoms with van der Waals surface area (Å²) < 4.78 is 13.7. The van der Waals surface area contributed by atoms with E-state index in [4.69, 9.17) is 5.11 Å². The molecule has 2 bridgehead atoms. The molecule has 1 aromatic rings. The highest BCUT2D eigenvalue weighted by Gasteiger charge is 2.44. The Balaban J connectivity index is 1.78. The molecule has 0 aliphatic carbocycles. The molecule has 0 aromatic carbocycles. The minimum Gasteiger partial charge on any atom is -0.481 e. The molecule has 1 N–H and O–H groups in total. The normalized spacial score (nSPS) is 27.7. The predicted octanol–water partition coefficient (Wildman–Crippen LogP) is 2.08. The van der Waals surface area contributed by atoms with Gasteiger partial charge in [-0.2, -0.15) is 4.39 Å². The highest BCUT2D eigenvalue weighted by molar-refractivity contribution is 5.94. The van der Waals surface area contributed by atoms with Crippen LogP contribution in [0.2, 0.25) is 0 Å². The number of hydrogen-bond acceptors (Lipinski definition) is 3. The van der Waals surface area contributed by atoms with Crippen LogP contribution in [0.1, 0.15) is 42.5 Å². The number of fused-ring (bicyclic) bond motifs is 2. The molecule has 112 valence electrons. The third-order valence-electron chi connectivity index (χ3n) is 4.52. The first-order valence-corrected chi connectivity index (χ1v) is 7.21. The maximum absolute atomic E-state index is 13.7. The molecular weight excluding hydrogens is 275 g/mol. The van der Waals surface area contributed by atoms with Crippen molar-refractivity contribution < 1.29 is 19.1 Å². The van der Waals surface area contributed by atoms with Gasteiger partial charge in [0.05, 0.1) is 5.56 Å². The molecule has 6 heteroatoms. The Morgan fingerprint density at radius 3 is 2.57 bits per heavy atom. The Morgan fingerprint density at radius 2 is 2.00 bits per heavy atom. The van der Waals surface area contributed by atoms with Crippen molar-refractivity contribution in [2.45, 2.75) is 44.2 Å². The summed E-state index contributed by atoms with van der Waals surface area (Å²) in [5, 5.41) is 8.91. The van der Waals surface area contributed by atoms with Crippen LogP contribution in [0.25, 0.3) is 0 Å². The number of carbonyl (C=O) groups is 2. The molecule has 2 aliphatic rings. The van der Waals surface area contributed by atoms with E-state index < -0.39 is 11.9 Å². The highest BCUT2D eigenvalue weighted by atomic mass is 19.1. The molecule has 1 aromatic heterocycles. The topological polar surface area (TPSA) is 70.5 Å². The SMILES string of the molecule is O=C(O)CC1CC2CCC(C1)N2C(=O)c1cccnc1F. The summed E-state index contributed by atoms with van der Waals surface area (Å²) in [6, 6.07) is 3.06. The fourth-order valence-corrected chi connectivity index (χ4v) is 3.72. The number of halogens is 1. The van der Waals surface area contributed by atoms with E-state index in [9.17, 15) is 14.0 Å². The number of pyridine rings is 1. The first kappa shape index (κ1) is 14.0. The van der Waals surface area contributed by atoms with Gasteiger partial charge in [0.2, 0.25) is 5.95 Å². The monoisotopic (exact) mass is 292 g/mol. The maximum Gasteiger partial charge on any atom is 0.303 e. The molecule has 2 saturated heterocycles. The predicted molar refractivity (Wildman–Crippen MR) is 72.2 cm³/mol. The minimum atomic E-state index is -0.794. The molecule has 5 nitrogen and oxygen atoms in total. The number of nitrogens with zero attached hydrogens (tertiary/aromatic N) is 2. The van der Waals surface area contributed by atoms with Crippen molar-refractivity contribution in [2.75, 3.05) is 0 Å². The highest BCUT2D eigenvalue weighted by Crippen LogP contribution is 2.40. The van der Waals surface area contributed by atoms with Crippen molar-refractivity contribution in [2.24, 2.45) is 5.92 Å². The van der Waals surface area contributed by atoms with Gasteiger partial charge in [0.25, 0.3) is 5.91 Å². The van der Waals surface area contributed by atoms with Crippen molar-refractivity contribution in [1.29, 1.82) is 0 Å². The summed E-state index contributed by atoms with van der Waals surface area (Å²) in [7, 11) is 0. The standard InChI is InChI=1S/C15H17FN2O3/c16-14-12(2-1-5-17-14)15(21)18-10-3-4-11(18)7-9(6-10)8-13(19)20/h1-2,5,9-11H,3-4,6-8H2,(H,19,20). The number of amides is 1. The van der Waals surface area contributed by atoms with Gasteiger partial charge in [-0.3, -0.25) is 9.59 Å². The average Bonchev–Trinajstić information content (AvgIpc) is 2.69. The number of rotatable bonds is 3. The molecule has 3 heterocycles. The largest absolute Gasteiger partial charge is 0.481 e. The summed E-state index contributed by atoms with van der Waals surface area (Å²) >= 11 is 0. The Hall–Kier alpha value is -1.98. The van der Waals surface area contributed by atoms with E-state index in [0.717, 1.165) is 12.8 Å². The second-order valence-corrected chi connectivity index (χ2v) is 5.87. The summed E-state index contributed by atoms with van der Waals surface area (Å²) in [5.41, 5.74) is 0.00563. The third-order valence-corrected chi connectivity index (χ3v) is 4.52. The van der Waals surface area contributed by atoms with Crippen LogP contribution >= 0.6 is 0 Å². The zero-order valence-electron chi connectivity index (χ0n) is 11.5. The van der Waals surface area contributed by atoms with Crippen molar-refractivity contribution in [3.05, 3.63) is 29.8 Å². The van der Waals surface area contributed by atoms with Crippen molar-refractivity contribution in [3.63, 3.8) is 0 Å². The summed E-state index contributed by atoms with van der Waals surface area (Å²) in [6.07, 6.45) is 4.59. The van der Waals surface area contributed by atoms with Crippen LogP contribution in [0.15, 0.2) is 18.3 Å². The number of aliphatic carboxylic acids is 1. The van der Waals surface area contributed by atoms with Crippen molar-refractivity contribution >= 4 is 11.9 Å². The van der Waals surface area contributed by atoms with Crippen molar-refractivity contribution in [3.8, 4) is 0 Å². The number of carbonyl (C=O) groups excluding carboxylic acids is 1. The Labute approximate surface area is 121 Å². The fraction of sp³-hybridized carbons (Fsp3) is 0.533. The van der Waals surface area contributed by atoms with E-state index >= 15 is 0 Å². The van der Waals surface area contributed by atoms with Gasteiger partial charge in [0, 0.05) is 24.7 Å². The van der Waals surface area contributed by atoms with E-state index in [0.29, 0.717) is 12.8 Å². The molecule has 3 rings (SSSR count). The lowest BCUT2D eigenvalue weighted by Crippen LogP contribution is -2.47. The molecule has 2 aliphatic heterocycles. The van der Waals surface area contributed by atoms with Crippen LogP contribution in [-0.4, -0.2) is 39.0 Å². The lowest BCUT2D eigenvalue weighted by atomic mass is 9.88. The molecule has 2 unspecified atom stereocenters. The molecule has 0 spiro atoms. The van der Waals surface area contributed by atoms with Crippen LogP contribution in [0, 0.1) is 11.9 Å². The first-order valence-electron chi connectivity index (χ1n) is 7.21. The summed E-state index contributed by atoms with van der Waals surface area (Å²) in [5.74, 6) is -1.74. The molecule has 1 amide bonds. The molecule has 2 fully saturated rings. The quantitative estimate of drug-likeness (QED) is 0.866. The molecule has 21 heavy (non-hydrogen) atoms. The lowest BCUT2D eigenvalue weighted by Gasteiger charge is -2.38. The van der Waals surface area contributed by atoms with E-state index in [-0.39, 0.29) is 35.9 Å². The zero-order chi connectivity index (χ0) is 15.0. The van der Waals surface area contributed by atoms with E-state index in [2.05, 4.69) is 4.98 Å². The van der Waals surface area contributed by atoms with Gasteiger partial charge >= 0.3 is 5.97 Å². The van der Waals surface area contributed by atoms with Crippen LogP contribution < -0.4 is 0 Å². The minimum absolute atomic E-state index is 0.00563. The number of hydrogen-bond donors (Lipinski definition) is 1. The average molecular weight is 292 g/mol. The van der Waals surface area contributed by atoms with Crippen LogP contribution in [-0.2, 0) is 4.79 Å². The fourth-order valence-electron chi connectivity index (χ4n) is 3.72. The molecule has 2 atom stereocenters. The van der Waals surface area contributed by atoms with E-state index in [1.54, 1.807) is 11.0 Å². The third kappa shape index (κ3) is 2.62. The van der Waals surface area contributed by atoms with E-state index in [1.165, 1.54) is 12.3 Å². The van der Waals surface area contributed by atoms with E-state index in [1.807, 2.05) is 0 Å². The smallest absolute Gasteiger partial charge is 0.303 e. The van der Waals surface area contributed by atoms with Crippen LogP contribution in [0.4, 0.5) is 4.39 Å². The number of carboxylic acid groups (broad SMARTS) is 1. The molecule has 0 saturated carbocycles. The summed E-state index contributed by atoms with van der Waals surface area (Å²) in [6.45, 7) is 0. The maximum atomic E-state index is 13.7. The van der Waals surface area contributed by atoms with Gasteiger partial charge in [-0.05, 0) is 43.7 Å². The Morgan fingerprint density at radius 1 is 1.33 bits per heavy atom. The van der Waals surface area contributed by atoms with Gasteiger partial charge in [-0.25, -0.2) is 4.98 Å². The Kier molecular flexibility index (Phi) is 3.61. The van der Waals surface area contributed by atoms with Gasteiger partial charge in [-0.15, -0.1) is 0 Å². The molecular formula is C15H17FN2O3. The van der Waals surface area contributed by atoms with Gasteiger partial charge in [0.15, 0.2) is 0 Å². The number of carboxylic acids is 1. The zero-order valence-corrected chi connectivity index (χ0v) is 11.5. The van der Waals surface area contributed by atoms with Gasteiger partial charge < -0.3 is 10.0 Å². The van der Waals surface area contributed by atoms with Gasteiger partial charge in [0.1, 0.15) is 0 Å².